The van der Waals surface area contributed by atoms with Crippen molar-refractivity contribution in [2.75, 3.05) is 13.1 Å². The van der Waals surface area contributed by atoms with Gasteiger partial charge in [-0.3, -0.25) is 9.59 Å². The molecule has 2 aromatic rings. The van der Waals surface area contributed by atoms with Gasteiger partial charge in [-0.15, -0.1) is 0 Å². The van der Waals surface area contributed by atoms with Gasteiger partial charge in [-0.2, -0.15) is 0 Å². The molecule has 1 aliphatic heterocycles. The summed E-state index contributed by atoms with van der Waals surface area (Å²) >= 11 is 3.40. The van der Waals surface area contributed by atoms with Crippen LogP contribution in [0, 0.1) is 0 Å². The van der Waals surface area contributed by atoms with Crippen molar-refractivity contribution in [2.24, 2.45) is 0 Å². The van der Waals surface area contributed by atoms with Crippen LogP contribution in [0.3, 0.4) is 0 Å². The number of nitrogens with one attached hydrogen (secondary N) is 1. The number of amides is 2. The summed E-state index contributed by atoms with van der Waals surface area (Å²) < 4.78 is 12.3. The van der Waals surface area contributed by atoms with Crippen LogP contribution in [0.2, 0.25) is 0 Å². The first-order chi connectivity index (χ1) is 12.5. The zero-order valence-corrected chi connectivity index (χ0v) is 16.1. The third kappa shape index (κ3) is 4.88. The largest absolute Gasteiger partial charge is 0.486 e. The normalized spacial score (nSPS) is 14.9. The van der Waals surface area contributed by atoms with E-state index in [1.54, 1.807) is 17.0 Å². The summed E-state index contributed by atoms with van der Waals surface area (Å²) in [6.07, 6.45) is 1.51. The summed E-state index contributed by atoms with van der Waals surface area (Å²) in [5, 5.41) is 2.90. The molecule has 0 spiro atoms. The lowest BCUT2D eigenvalue weighted by Crippen LogP contribution is -2.46. The van der Waals surface area contributed by atoms with Crippen LogP contribution in [-0.2, 0) is 11.4 Å². The Morgan fingerprint density at radius 2 is 2.04 bits per heavy atom. The molecule has 1 fully saturated rings. The molecule has 0 unspecified atom stereocenters. The average Bonchev–Trinajstić information content (AvgIpc) is 3.09. The zero-order valence-electron chi connectivity index (χ0n) is 14.5. The van der Waals surface area contributed by atoms with Gasteiger partial charge >= 0.3 is 0 Å². The van der Waals surface area contributed by atoms with Gasteiger partial charge in [0.2, 0.25) is 5.91 Å². The number of hydrogen-bond donors (Lipinski definition) is 1. The van der Waals surface area contributed by atoms with Crippen molar-refractivity contribution in [3.05, 3.63) is 52.4 Å². The second-order valence-corrected chi connectivity index (χ2v) is 7.19. The molecule has 1 N–H and O–H groups in total. The van der Waals surface area contributed by atoms with Gasteiger partial charge in [-0.25, -0.2) is 0 Å². The van der Waals surface area contributed by atoms with Crippen LogP contribution in [-0.4, -0.2) is 35.8 Å². The van der Waals surface area contributed by atoms with E-state index in [9.17, 15) is 9.59 Å². The molecule has 0 atom stereocenters. The Labute approximate surface area is 160 Å². The molecule has 3 rings (SSSR count). The summed E-state index contributed by atoms with van der Waals surface area (Å²) in [5.41, 5.74) is 0. The second-order valence-electron chi connectivity index (χ2n) is 6.28. The minimum absolute atomic E-state index is 0.0316. The predicted molar refractivity (Wildman–Crippen MR) is 99.9 cm³/mol. The fourth-order valence-electron chi connectivity index (χ4n) is 2.95. The number of carbonyl (C=O) groups is 2. The molecule has 0 bridgehead atoms. The van der Waals surface area contributed by atoms with E-state index in [-0.39, 0.29) is 24.5 Å². The number of carbonyl (C=O) groups excluding carboxylic acids is 2. The molecule has 2 amide bonds. The van der Waals surface area contributed by atoms with Gasteiger partial charge in [0, 0.05) is 30.5 Å². The molecule has 0 saturated carbocycles. The van der Waals surface area contributed by atoms with Gasteiger partial charge in [0.1, 0.15) is 18.1 Å². The Morgan fingerprint density at radius 1 is 1.27 bits per heavy atom. The van der Waals surface area contributed by atoms with E-state index >= 15 is 0 Å². The molecule has 0 radical (unpaired) electrons. The van der Waals surface area contributed by atoms with E-state index in [2.05, 4.69) is 21.2 Å². The standard InChI is InChI=1S/C19H21BrN2O4/c1-13(23)21-15-7-9-22(10-8-15)19(24)18-6-5-17(26-18)12-25-16-4-2-3-14(20)11-16/h2-6,11,15H,7-10,12H2,1H3,(H,21,23). The first-order valence-electron chi connectivity index (χ1n) is 8.55. The van der Waals surface area contributed by atoms with Crippen molar-refractivity contribution in [1.82, 2.24) is 10.2 Å². The van der Waals surface area contributed by atoms with Crippen LogP contribution < -0.4 is 10.1 Å². The van der Waals surface area contributed by atoms with Crippen LogP contribution in [0.25, 0.3) is 0 Å². The van der Waals surface area contributed by atoms with Crippen molar-refractivity contribution < 1.29 is 18.7 Å². The van der Waals surface area contributed by atoms with Crippen molar-refractivity contribution >= 4 is 27.7 Å². The van der Waals surface area contributed by atoms with Crippen molar-refractivity contribution in [3.63, 3.8) is 0 Å². The SMILES string of the molecule is CC(=O)NC1CCN(C(=O)c2ccc(COc3cccc(Br)c3)o2)CC1. The summed E-state index contributed by atoms with van der Waals surface area (Å²) in [6, 6.07) is 11.1. The molecule has 1 aromatic carbocycles. The van der Waals surface area contributed by atoms with E-state index < -0.39 is 0 Å². The van der Waals surface area contributed by atoms with E-state index in [0.29, 0.717) is 24.6 Å². The van der Waals surface area contributed by atoms with Gasteiger partial charge in [-0.05, 0) is 43.2 Å². The minimum atomic E-state index is -0.125. The lowest BCUT2D eigenvalue weighted by atomic mass is 10.0. The molecule has 26 heavy (non-hydrogen) atoms. The fourth-order valence-corrected chi connectivity index (χ4v) is 3.33. The Morgan fingerprint density at radius 3 is 2.73 bits per heavy atom. The van der Waals surface area contributed by atoms with E-state index in [0.717, 1.165) is 23.1 Å². The Balaban J connectivity index is 1.52. The van der Waals surface area contributed by atoms with Gasteiger partial charge in [0.25, 0.3) is 5.91 Å². The zero-order chi connectivity index (χ0) is 18.5. The lowest BCUT2D eigenvalue weighted by Gasteiger charge is -2.31. The predicted octanol–water partition coefficient (Wildman–Crippen LogP) is 3.36. The number of nitrogens with zero attached hydrogens (tertiary/aromatic N) is 1. The number of furan rings is 1. The maximum Gasteiger partial charge on any atom is 0.289 e. The molecule has 1 aliphatic rings. The number of ether oxygens (including phenoxy) is 1. The summed E-state index contributed by atoms with van der Waals surface area (Å²) in [6.45, 7) is 2.98. The molecular formula is C19H21BrN2O4. The molecule has 7 heteroatoms. The number of hydrogen-bond acceptors (Lipinski definition) is 4. The van der Waals surface area contributed by atoms with E-state index in [1.165, 1.54) is 6.92 Å². The maximum atomic E-state index is 12.6. The smallest absolute Gasteiger partial charge is 0.289 e. The fraction of sp³-hybridized carbons (Fsp3) is 0.368. The Hall–Kier alpha value is -2.28. The summed E-state index contributed by atoms with van der Waals surface area (Å²) in [7, 11) is 0. The van der Waals surface area contributed by atoms with Crippen molar-refractivity contribution in [2.45, 2.75) is 32.4 Å². The Bertz CT molecular complexity index is 781. The summed E-state index contributed by atoms with van der Waals surface area (Å²) in [5.74, 6) is 1.48. The number of benzene rings is 1. The third-order valence-corrected chi connectivity index (χ3v) is 4.73. The summed E-state index contributed by atoms with van der Waals surface area (Å²) in [4.78, 5) is 25.4. The van der Waals surface area contributed by atoms with E-state index in [4.69, 9.17) is 9.15 Å². The molecule has 2 heterocycles. The number of likely N-dealkylation sites (tertiary alicyclic amines) is 1. The highest BCUT2D eigenvalue weighted by molar-refractivity contribution is 9.10. The highest BCUT2D eigenvalue weighted by atomic mass is 79.9. The van der Waals surface area contributed by atoms with Crippen LogP contribution in [0.5, 0.6) is 5.75 Å². The number of halogens is 1. The lowest BCUT2D eigenvalue weighted by molar-refractivity contribution is -0.119. The van der Waals surface area contributed by atoms with Crippen LogP contribution in [0.1, 0.15) is 36.1 Å². The topological polar surface area (TPSA) is 71.8 Å². The number of piperidine rings is 1. The van der Waals surface area contributed by atoms with Crippen LogP contribution in [0.15, 0.2) is 45.3 Å². The minimum Gasteiger partial charge on any atom is -0.486 e. The van der Waals surface area contributed by atoms with E-state index in [1.807, 2.05) is 24.3 Å². The van der Waals surface area contributed by atoms with Crippen molar-refractivity contribution in [1.29, 1.82) is 0 Å². The average molecular weight is 421 g/mol. The van der Waals surface area contributed by atoms with Gasteiger partial charge in [0.05, 0.1) is 0 Å². The van der Waals surface area contributed by atoms with Crippen LogP contribution in [0.4, 0.5) is 0 Å². The van der Waals surface area contributed by atoms with Crippen molar-refractivity contribution in [3.8, 4) is 5.75 Å². The first-order valence-corrected chi connectivity index (χ1v) is 9.34. The molecule has 1 saturated heterocycles. The molecule has 0 aliphatic carbocycles. The van der Waals surface area contributed by atoms with Gasteiger partial charge < -0.3 is 19.4 Å². The maximum absolute atomic E-state index is 12.6. The number of rotatable bonds is 5. The quantitative estimate of drug-likeness (QED) is 0.804. The highest BCUT2D eigenvalue weighted by Gasteiger charge is 2.25. The molecular weight excluding hydrogens is 400 g/mol. The van der Waals surface area contributed by atoms with Gasteiger partial charge in [-0.1, -0.05) is 22.0 Å². The monoisotopic (exact) mass is 420 g/mol. The second kappa shape index (κ2) is 8.40. The van der Waals surface area contributed by atoms with Crippen LogP contribution >= 0.6 is 15.9 Å². The molecule has 6 nitrogen and oxygen atoms in total. The molecule has 138 valence electrons. The Kier molecular flexibility index (Phi) is 5.98. The third-order valence-electron chi connectivity index (χ3n) is 4.24. The highest BCUT2D eigenvalue weighted by Crippen LogP contribution is 2.20. The van der Waals surface area contributed by atoms with Gasteiger partial charge in [0.15, 0.2) is 5.76 Å². The first kappa shape index (κ1) is 18.5. The molecule has 1 aromatic heterocycles.